The van der Waals surface area contributed by atoms with Crippen LogP contribution in [0.15, 0.2) is 51.1 Å². The van der Waals surface area contributed by atoms with Crippen molar-refractivity contribution in [2.45, 2.75) is 33.9 Å². The van der Waals surface area contributed by atoms with Gasteiger partial charge in [0.25, 0.3) is 20.2 Å². The van der Waals surface area contributed by atoms with Gasteiger partial charge >= 0.3 is 0 Å². The Labute approximate surface area is 237 Å². The number of nitrogens with zero attached hydrogens (tertiary/aromatic N) is 6. The SMILES string of the molecule is [C-]#[N+]c1ccc(S(=O)(=O)NCCCc2nc(Cc3cc(S(=O)(=O)O)cc(S(=O)(=O)O)c3)nc(N(C)C)n2)cc1[N+]#[C-]. The highest BCUT2D eigenvalue weighted by molar-refractivity contribution is 7.89. The molecule has 2 aromatic carbocycles. The first kappa shape index (κ1) is 31.5. The van der Waals surface area contributed by atoms with Crippen molar-refractivity contribution >= 4 is 47.6 Å². The molecule has 18 heteroatoms. The Morgan fingerprint density at radius 2 is 1.39 bits per heavy atom. The number of sulfonamides is 1. The summed E-state index contributed by atoms with van der Waals surface area (Å²) < 4.78 is 93.1. The lowest BCUT2D eigenvalue weighted by Crippen LogP contribution is -2.25. The van der Waals surface area contributed by atoms with E-state index in [1.165, 1.54) is 12.1 Å². The fraction of sp³-hybridized carbons (Fsp3) is 0.261. The van der Waals surface area contributed by atoms with Gasteiger partial charge in [-0.05, 0) is 36.2 Å². The van der Waals surface area contributed by atoms with Crippen LogP contribution in [-0.4, -0.2) is 70.0 Å². The van der Waals surface area contributed by atoms with Crippen LogP contribution in [-0.2, 0) is 43.1 Å². The molecule has 1 aromatic heterocycles. The summed E-state index contributed by atoms with van der Waals surface area (Å²) in [6, 6.07) is 6.25. The summed E-state index contributed by atoms with van der Waals surface area (Å²) in [5.74, 6) is 0.591. The molecule has 0 spiro atoms. The average Bonchev–Trinajstić information content (AvgIpc) is 2.89. The number of hydrogen-bond donors (Lipinski definition) is 3. The van der Waals surface area contributed by atoms with E-state index in [4.69, 9.17) is 13.1 Å². The summed E-state index contributed by atoms with van der Waals surface area (Å²) >= 11 is 0. The van der Waals surface area contributed by atoms with Gasteiger partial charge in [-0.2, -0.15) is 26.8 Å². The van der Waals surface area contributed by atoms with Crippen molar-refractivity contribution in [3.8, 4) is 0 Å². The number of benzene rings is 2. The first-order valence-corrected chi connectivity index (χ1v) is 15.8. The molecule has 0 fully saturated rings. The maximum absolute atomic E-state index is 12.6. The van der Waals surface area contributed by atoms with Gasteiger partial charge < -0.3 is 4.90 Å². The number of aryl methyl sites for hydroxylation is 1. The van der Waals surface area contributed by atoms with E-state index in [2.05, 4.69) is 29.4 Å². The Hall–Kier alpha value is -4.04. The standard InChI is InChI=1S/C23H23N7O8S3/c1-24-19-8-7-16(14-20(19)25-2)39(31,32)26-9-5-6-21-27-22(29-23(28-21)30(3)4)12-15-10-17(40(33,34)35)13-18(11-15)41(36,37)38/h7-8,10-11,13-14,26H,5-6,9,12H2,3-4H3,(H,33,34,35)(H,36,37,38). The van der Waals surface area contributed by atoms with Crippen LogP contribution in [0, 0.1) is 13.1 Å². The molecule has 0 saturated carbocycles. The van der Waals surface area contributed by atoms with E-state index in [-0.39, 0.29) is 65.2 Å². The van der Waals surface area contributed by atoms with Crippen molar-refractivity contribution in [1.82, 2.24) is 19.7 Å². The second-order valence-corrected chi connectivity index (χ2v) is 13.3. The summed E-state index contributed by atoms with van der Waals surface area (Å²) in [6.07, 6.45) is 0.236. The average molecular weight is 622 g/mol. The normalized spacial score (nSPS) is 12.0. The zero-order valence-corrected chi connectivity index (χ0v) is 24.0. The molecule has 0 aliphatic heterocycles. The Morgan fingerprint density at radius 3 is 1.93 bits per heavy atom. The van der Waals surface area contributed by atoms with Crippen molar-refractivity contribution in [2.24, 2.45) is 0 Å². The van der Waals surface area contributed by atoms with Crippen LogP contribution in [0.1, 0.15) is 23.6 Å². The van der Waals surface area contributed by atoms with E-state index in [1.54, 1.807) is 19.0 Å². The number of anilines is 1. The van der Waals surface area contributed by atoms with E-state index in [0.717, 1.165) is 18.2 Å². The predicted octanol–water partition coefficient (Wildman–Crippen LogP) is 2.03. The molecule has 3 rings (SSSR count). The second kappa shape index (κ2) is 12.2. The first-order chi connectivity index (χ1) is 19.0. The fourth-order valence-corrected chi connectivity index (χ4v) is 5.77. The molecule has 0 aliphatic rings. The number of hydrogen-bond acceptors (Lipinski definition) is 10. The van der Waals surface area contributed by atoms with Gasteiger partial charge in [0.1, 0.15) is 11.6 Å². The molecule has 0 amide bonds. The third-order valence-corrected chi connectivity index (χ3v) is 8.50. The van der Waals surface area contributed by atoms with Gasteiger partial charge in [0.2, 0.25) is 16.0 Å². The molecule has 0 atom stereocenters. The predicted molar refractivity (Wildman–Crippen MR) is 146 cm³/mol. The second-order valence-electron chi connectivity index (χ2n) is 8.68. The molecule has 3 aromatic rings. The highest BCUT2D eigenvalue weighted by Gasteiger charge is 2.20. The van der Waals surface area contributed by atoms with Crippen LogP contribution in [0.25, 0.3) is 9.69 Å². The van der Waals surface area contributed by atoms with Crippen LogP contribution >= 0.6 is 0 Å². The third-order valence-electron chi connectivity index (χ3n) is 5.38. The zero-order valence-electron chi connectivity index (χ0n) is 21.5. The highest BCUT2D eigenvalue weighted by Crippen LogP contribution is 2.30. The molecular weight excluding hydrogens is 598 g/mol. The minimum atomic E-state index is -4.81. The van der Waals surface area contributed by atoms with Gasteiger partial charge in [0, 0.05) is 33.5 Å². The van der Waals surface area contributed by atoms with E-state index >= 15 is 0 Å². The number of nitrogens with one attached hydrogen (secondary N) is 1. The van der Waals surface area contributed by atoms with Crippen molar-refractivity contribution in [2.75, 3.05) is 25.5 Å². The van der Waals surface area contributed by atoms with Crippen molar-refractivity contribution in [3.63, 3.8) is 0 Å². The molecule has 216 valence electrons. The molecule has 15 nitrogen and oxygen atoms in total. The summed E-state index contributed by atoms with van der Waals surface area (Å²) in [5.41, 5.74) is 0.0215. The monoisotopic (exact) mass is 621 g/mol. The minimum absolute atomic E-state index is 0.0211. The Bertz CT molecular complexity index is 1850. The van der Waals surface area contributed by atoms with Gasteiger partial charge in [-0.1, -0.05) is 12.1 Å². The Kier molecular flexibility index (Phi) is 9.39. The first-order valence-electron chi connectivity index (χ1n) is 11.4. The lowest BCUT2D eigenvalue weighted by molar-refractivity contribution is 0.480. The molecule has 0 aliphatic carbocycles. The fourth-order valence-electron chi connectivity index (χ4n) is 3.45. The molecule has 1 heterocycles. The van der Waals surface area contributed by atoms with E-state index in [1.807, 2.05) is 0 Å². The minimum Gasteiger partial charge on any atom is -0.347 e. The van der Waals surface area contributed by atoms with Crippen molar-refractivity contribution in [1.29, 1.82) is 0 Å². The largest absolute Gasteiger partial charge is 0.347 e. The number of aromatic nitrogens is 3. The lowest BCUT2D eigenvalue weighted by Gasteiger charge is -2.13. The topological polar surface area (TPSA) is 206 Å². The molecule has 41 heavy (non-hydrogen) atoms. The van der Waals surface area contributed by atoms with Crippen LogP contribution in [0.4, 0.5) is 17.3 Å². The van der Waals surface area contributed by atoms with Crippen LogP contribution in [0.3, 0.4) is 0 Å². The molecule has 0 saturated heterocycles. The molecular formula is C23H23N7O8S3. The summed E-state index contributed by atoms with van der Waals surface area (Å²) in [4.78, 5) is 19.2. The molecule has 0 unspecified atom stereocenters. The van der Waals surface area contributed by atoms with Crippen molar-refractivity contribution in [3.05, 3.63) is 76.4 Å². The van der Waals surface area contributed by atoms with E-state index < -0.39 is 40.1 Å². The van der Waals surface area contributed by atoms with Gasteiger partial charge in [-0.15, -0.1) is 0 Å². The van der Waals surface area contributed by atoms with Gasteiger partial charge in [-0.25, -0.2) is 18.1 Å². The third kappa shape index (κ3) is 8.24. The van der Waals surface area contributed by atoms with E-state index in [9.17, 15) is 34.4 Å². The maximum atomic E-state index is 12.6. The maximum Gasteiger partial charge on any atom is 0.294 e. The highest BCUT2D eigenvalue weighted by atomic mass is 32.2. The molecule has 0 bridgehead atoms. The van der Waals surface area contributed by atoms with Crippen LogP contribution < -0.4 is 9.62 Å². The summed E-state index contributed by atoms with van der Waals surface area (Å²) in [5, 5.41) is 0. The smallest absolute Gasteiger partial charge is 0.294 e. The van der Waals surface area contributed by atoms with Gasteiger partial charge in [0.05, 0.1) is 27.8 Å². The zero-order chi connectivity index (χ0) is 30.6. The Balaban J connectivity index is 1.81. The lowest BCUT2D eigenvalue weighted by atomic mass is 10.1. The Morgan fingerprint density at radius 1 is 0.805 bits per heavy atom. The number of rotatable bonds is 11. The van der Waals surface area contributed by atoms with Crippen LogP contribution in [0.5, 0.6) is 0 Å². The van der Waals surface area contributed by atoms with Gasteiger partial charge in [-0.3, -0.25) is 18.8 Å². The molecule has 3 N–H and O–H groups in total. The summed E-state index contributed by atoms with van der Waals surface area (Å²) in [7, 11) is -10.3. The van der Waals surface area contributed by atoms with Crippen LogP contribution in [0.2, 0.25) is 0 Å². The quantitative estimate of drug-likeness (QED) is 0.160. The van der Waals surface area contributed by atoms with E-state index in [0.29, 0.717) is 6.07 Å². The summed E-state index contributed by atoms with van der Waals surface area (Å²) in [6.45, 7) is 14.2. The van der Waals surface area contributed by atoms with Crippen molar-refractivity contribution < 1.29 is 34.4 Å². The molecule has 0 radical (unpaired) electrons. The van der Waals surface area contributed by atoms with Gasteiger partial charge in [0.15, 0.2) is 11.4 Å².